The van der Waals surface area contributed by atoms with Crippen molar-refractivity contribution in [3.63, 3.8) is 0 Å². The molecule has 194 valence electrons. The molecule has 6 atom stereocenters. The highest BCUT2D eigenvalue weighted by atomic mass is 19.4. The van der Waals surface area contributed by atoms with Crippen LogP contribution in [0.25, 0.3) is 0 Å². The molecule has 2 saturated heterocycles. The van der Waals surface area contributed by atoms with E-state index < -0.39 is 110 Å². The Hall–Kier alpha value is -2.84. The van der Waals surface area contributed by atoms with E-state index in [0.717, 1.165) is 5.32 Å². The number of nitriles is 1. The summed E-state index contributed by atoms with van der Waals surface area (Å²) in [6.07, 6.45) is -6.28. The first-order valence-electron chi connectivity index (χ1n) is 16.2. The summed E-state index contributed by atoms with van der Waals surface area (Å²) in [4.78, 5) is 52.5. The van der Waals surface area contributed by atoms with Crippen LogP contribution >= 0.6 is 0 Å². The summed E-state index contributed by atoms with van der Waals surface area (Å²) in [6, 6.07) is -7.48. The van der Waals surface area contributed by atoms with Gasteiger partial charge in [-0.15, -0.1) is 0 Å². The van der Waals surface area contributed by atoms with E-state index in [4.69, 9.17) is 15.1 Å². The third kappa shape index (κ3) is 5.23. The SMILES string of the molecule is [2H]C([2H])([2H])C(C([2H])([2H])[2H])(C([2H])([2H])[2H])C([2H])(NC(=O)C(F)(F)F)C(=O)N1C[C@H]2[C@@H]([C@H]1C(=O)N[C@]([2H])(C#N)C[C@@H]1CCNC1=O)C2(C)C. The maximum Gasteiger partial charge on any atom is 0.471 e. The zero-order chi connectivity index (χ0) is 35.9. The van der Waals surface area contributed by atoms with Crippen molar-refractivity contribution in [2.45, 2.75) is 71.5 Å². The number of rotatable bonds is 6. The molecule has 2 heterocycles. The predicted octanol–water partition coefficient (Wildman–Crippen LogP) is 1.10. The molecule has 0 aromatic heterocycles. The third-order valence-corrected chi connectivity index (χ3v) is 6.85. The quantitative estimate of drug-likeness (QED) is 0.492. The van der Waals surface area contributed by atoms with E-state index in [0.29, 0.717) is 4.90 Å². The van der Waals surface area contributed by atoms with E-state index in [-0.39, 0.29) is 13.0 Å². The molecule has 4 amide bonds. The second-order valence-electron chi connectivity index (χ2n) is 9.49. The van der Waals surface area contributed by atoms with Gasteiger partial charge in [0.1, 0.15) is 18.1 Å². The Kier molecular flexibility index (Phi) is 3.93. The van der Waals surface area contributed by atoms with Crippen LogP contribution in [0.5, 0.6) is 0 Å². The van der Waals surface area contributed by atoms with Gasteiger partial charge in [0.25, 0.3) is 0 Å². The standard InChI is InChI=1S/C23H32F3N5O4/c1-21(2,3)16(30-20(35)23(24,25)26)19(34)31-10-13-14(22(13,4)5)15(31)18(33)29-12(9-27)8-11-6-7-28-17(11)32/h11-16H,6-8,10H2,1-5H3,(H,28,32)(H,29,33)(H,30,35)/t11-,12-,13-,14-,15-,16?/m0/s1/i1D3,2D3,3D3,12D,16D. The Morgan fingerprint density at radius 2 is 1.97 bits per heavy atom. The summed E-state index contributed by atoms with van der Waals surface area (Å²) in [5.41, 5.74) is -5.49. The maximum absolute atomic E-state index is 14.2. The second kappa shape index (κ2) is 8.99. The van der Waals surface area contributed by atoms with Crippen molar-refractivity contribution in [2.24, 2.45) is 28.6 Å². The van der Waals surface area contributed by atoms with Crippen molar-refractivity contribution in [3.8, 4) is 6.07 Å². The number of nitrogens with zero attached hydrogens (tertiary/aromatic N) is 2. The Morgan fingerprint density at radius 3 is 2.49 bits per heavy atom. The molecule has 0 spiro atoms. The number of halogens is 3. The average Bonchev–Trinajstić information content (AvgIpc) is 3.18. The molecule has 9 nitrogen and oxygen atoms in total. The molecular weight excluding hydrogens is 467 g/mol. The molecule has 1 aliphatic carbocycles. The average molecular weight is 511 g/mol. The van der Waals surface area contributed by atoms with E-state index in [1.807, 2.05) is 0 Å². The summed E-state index contributed by atoms with van der Waals surface area (Å²) >= 11 is 0. The molecule has 0 aromatic rings. The van der Waals surface area contributed by atoms with Crippen LogP contribution in [0.15, 0.2) is 0 Å². The highest BCUT2D eigenvalue weighted by molar-refractivity contribution is 5.95. The monoisotopic (exact) mass is 510 g/mol. The molecule has 0 aromatic carbocycles. The van der Waals surface area contributed by atoms with E-state index in [2.05, 4.69) is 10.6 Å². The molecular formula is C23H32F3N5O4. The smallest absolute Gasteiger partial charge is 0.356 e. The van der Waals surface area contributed by atoms with E-state index in [1.54, 1.807) is 13.8 Å². The summed E-state index contributed by atoms with van der Waals surface area (Å²) in [5.74, 6) is -9.71. The van der Waals surface area contributed by atoms with Gasteiger partial charge in [-0.25, -0.2) is 0 Å². The van der Waals surface area contributed by atoms with Gasteiger partial charge < -0.3 is 20.9 Å². The number of hydrogen-bond donors (Lipinski definition) is 3. The first-order chi connectivity index (χ1) is 20.4. The molecule has 0 bridgehead atoms. The van der Waals surface area contributed by atoms with Gasteiger partial charge >= 0.3 is 12.1 Å². The lowest BCUT2D eigenvalue weighted by molar-refractivity contribution is -0.176. The van der Waals surface area contributed by atoms with Crippen molar-refractivity contribution in [2.75, 3.05) is 13.1 Å². The largest absolute Gasteiger partial charge is 0.471 e. The molecule has 2 aliphatic heterocycles. The van der Waals surface area contributed by atoms with Gasteiger partial charge in [0.15, 0.2) is 0 Å². The van der Waals surface area contributed by atoms with Gasteiger partial charge in [-0.1, -0.05) is 34.4 Å². The minimum absolute atomic E-state index is 0.213. The Bertz CT molecular complexity index is 1310. The number of carbonyl (C=O) groups is 4. The fourth-order valence-electron chi connectivity index (χ4n) is 4.86. The zero-order valence-electron chi connectivity index (χ0n) is 29.8. The minimum Gasteiger partial charge on any atom is -0.356 e. The third-order valence-electron chi connectivity index (χ3n) is 6.85. The number of amides is 4. The lowest BCUT2D eigenvalue weighted by atomic mass is 9.85. The van der Waals surface area contributed by atoms with Gasteiger partial charge in [-0.05, 0) is 35.5 Å². The molecule has 1 unspecified atom stereocenters. The van der Waals surface area contributed by atoms with Crippen molar-refractivity contribution < 1.29 is 47.4 Å². The Labute approximate surface area is 217 Å². The molecule has 3 rings (SSSR count). The van der Waals surface area contributed by atoms with Crippen LogP contribution in [0.2, 0.25) is 0 Å². The van der Waals surface area contributed by atoms with Crippen LogP contribution in [0.4, 0.5) is 13.2 Å². The number of carbonyl (C=O) groups excluding carboxylic acids is 4. The molecule has 3 aliphatic rings. The topological polar surface area (TPSA) is 131 Å². The Balaban J connectivity index is 2.20. The predicted molar refractivity (Wildman–Crippen MR) is 117 cm³/mol. The summed E-state index contributed by atoms with van der Waals surface area (Å²) in [6.45, 7) is -10.5. The lowest BCUT2D eigenvalue weighted by Crippen LogP contribution is -2.61. The van der Waals surface area contributed by atoms with Crippen molar-refractivity contribution in [1.29, 1.82) is 5.26 Å². The molecule has 12 heteroatoms. The van der Waals surface area contributed by atoms with Gasteiger partial charge in [0.05, 0.1) is 8.81 Å². The minimum atomic E-state index is -5.97. The van der Waals surface area contributed by atoms with Gasteiger partial charge in [-0.2, -0.15) is 18.4 Å². The fourth-order valence-corrected chi connectivity index (χ4v) is 4.86. The number of hydrogen-bond acceptors (Lipinski definition) is 5. The van der Waals surface area contributed by atoms with Crippen LogP contribution in [0, 0.1) is 39.9 Å². The van der Waals surface area contributed by atoms with Crippen LogP contribution in [-0.2, 0) is 19.2 Å². The molecule has 3 N–H and O–H groups in total. The summed E-state index contributed by atoms with van der Waals surface area (Å²) < 4.78 is 129. The number of piperidine rings is 1. The van der Waals surface area contributed by atoms with Crippen molar-refractivity contribution in [3.05, 3.63) is 0 Å². The van der Waals surface area contributed by atoms with Gasteiger partial charge in [0, 0.05) is 31.3 Å². The number of nitrogens with one attached hydrogen (secondary N) is 3. The van der Waals surface area contributed by atoms with Crippen LogP contribution in [0.1, 0.15) is 62.3 Å². The van der Waals surface area contributed by atoms with Gasteiger partial charge in [0.2, 0.25) is 17.7 Å². The summed E-state index contributed by atoms with van der Waals surface area (Å²) in [7, 11) is 0. The molecule has 1 saturated carbocycles. The summed E-state index contributed by atoms with van der Waals surface area (Å²) in [5, 5.41) is 15.1. The molecule has 35 heavy (non-hydrogen) atoms. The van der Waals surface area contributed by atoms with E-state index in [1.165, 1.54) is 6.07 Å². The van der Waals surface area contributed by atoms with E-state index in [9.17, 15) is 37.6 Å². The first-order valence-corrected chi connectivity index (χ1v) is 10.7. The second-order valence-corrected chi connectivity index (χ2v) is 9.49. The number of fused-ring (bicyclic) bond motifs is 1. The zero-order valence-corrected chi connectivity index (χ0v) is 18.8. The van der Waals surface area contributed by atoms with Crippen LogP contribution in [0.3, 0.4) is 0 Å². The fraction of sp³-hybridized carbons (Fsp3) is 0.783. The van der Waals surface area contributed by atoms with Crippen molar-refractivity contribution in [1.82, 2.24) is 20.9 Å². The van der Waals surface area contributed by atoms with E-state index >= 15 is 0 Å². The van der Waals surface area contributed by atoms with Crippen molar-refractivity contribution >= 4 is 23.6 Å². The lowest BCUT2D eigenvalue weighted by Gasteiger charge is -2.37. The highest BCUT2D eigenvalue weighted by Gasteiger charge is 2.70. The number of alkyl halides is 3. The molecule has 3 fully saturated rings. The van der Waals surface area contributed by atoms with Crippen LogP contribution in [-0.4, -0.2) is 65.9 Å². The first kappa shape index (κ1) is 15.3. The Morgan fingerprint density at radius 1 is 1.31 bits per heavy atom. The number of likely N-dealkylation sites (tertiary alicyclic amines) is 1. The maximum atomic E-state index is 14.2. The highest BCUT2D eigenvalue weighted by Crippen LogP contribution is 2.65. The van der Waals surface area contributed by atoms with Gasteiger partial charge in [-0.3, -0.25) is 19.2 Å². The van der Waals surface area contributed by atoms with Crippen LogP contribution < -0.4 is 16.0 Å². The molecule has 0 radical (unpaired) electrons. The normalized spacial score (nSPS) is 36.4.